The Labute approximate surface area is 551 Å². The van der Waals surface area contributed by atoms with Crippen molar-refractivity contribution in [1.82, 2.24) is 19.9 Å². The molecule has 0 atom stereocenters. The maximum atomic E-state index is 4.92. The molecule has 0 unspecified atom stereocenters. The molecule has 0 fully saturated rings. The second-order valence-corrected chi connectivity index (χ2v) is 24.6. The minimum Gasteiger partial charge on any atom is -0.378 e. The maximum Gasteiger partial charge on any atom is 0.0820 e. The number of para-hydroxylation sites is 4. The van der Waals surface area contributed by atoms with Crippen LogP contribution in [0.4, 0.5) is 34.1 Å². The van der Waals surface area contributed by atoms with E-state index >= 15 is 0 Å². The molecule has 0 aliphatic rings. The van der Waals surface area contributed by atoms with Crippen molar-refractivity contribution in [2.45, 2.75) is 158 Å². The molecule has 0 saturated heterocycles. The van der Waals surface area contributed by atoms with Crippen LogP contribution in [0.5, 0.6) is 0 Å². The van der Waals surface area contributed by atoms with Gasteiger partial charge in [-0.1, -0.05) is 196 Å². The van der Waals surface area contributed by atoms with Crippen molar-refractivity contribution in [2.75, 3.05) is 38.0 Å². The average Bonchev–Trinajstić information content (AvgIpc) is 3.05. The average molecular weight is 1260 g/mol. The van der Waals surface area contributed by atoms with Crippen molar-refractivity contribution in [1.29, 1.82) is 0 Å². The second kappa shape index (κ2) is 37.6. The number of anilines is 2. The van der Waals surface area contributed by atoms with Gasteiger partial charge in [-0.2, -0.15) is 0 Å². The van der Waals surface area contributed by atoms with E-state index in [-0.39, 0.29) is 34.1 Å². The molecule has 4 heterocycles. The van der Waals surface area contributed by atoms with Crippen molar-refractivity contribution in [3.05, 3.63) is 226 Å². The molecule has 0 bridgehead atoms. The molecule has 0 aliphatic heterocycles. The zero-order valence-corrected chi connectivity index (χ0v) is 58.3. The summed E-state index contributed by atoms with van der Waals surface area (Å²) in [7, 11) is 8.04. The molecular formula is C76H98Fe2N10. The molecule has 8 aromatic rings. The molecule has 88 heavy (non-hydrogen) atoms. The standard InChI is InChI=1S/2C31H39N3.2C7H10N2.2Fe/c2*1-20(2)26-14-10-15-27(21(3)4)30(26)32-18-24-12-9-13-25(34-24)19-33-31-28(22(5)6)16-11-17-29(31)23(7)8;2*1-9(2)7-3-5-8-6-4-7;;/h2*9-23H,1-8H3;2*3-6H,1-2H3;;. The molecule has 468 valence electrons. The number of nitrogens with zero attached hydrogens (tertiary/aromatic N) is 10. The third-order valence-electron chi connectivity index (χ3n) is 14.6. The van der Waals surface area contributed by atoms with Gasteiger partial charge in [-0.05, 0) is 140 Å². The van der Waals surface area contributed by atoms with E-state index in [1.54, 1.807) is 24.8 Å². The predicted octanol–water partition coefficient (Wildman–Crippen LogP) is 20.4. The van der Waals surface area contributed by atoms with Crippen LogP contribution in [0.2, 0.25) is 0 Å². The zero-order chi connectivity index (χ0) is 63.0. The molecule has 4 aromatic carbocycles. The summed E-state index contributed by atoms with van der Waals surface area (Å²) in [6.45, 7) is 35.5. The molecular weight excluding hydrogens is 1160 g/mol. The molecule has 4 aromatic heterocycles. The van der Waals surface area contributed by atoms with Gasteiger partial charge in [0.2, 0.25) is 0 Å². The van der Waals surface area contributed by atoms with E-state index in [2.05, 4.69) is 194 Å². The summed E-state index contributed by atoms with van der Waals surface area (Å²) in [6, 6.07) is 45.9. The van der Waals surface area contributed by atoms with Crippen molar-refractivity contribution in [3.63, 3.8) is 0 Å². The van der Waals surface area contributed by atoms with E-state index in [1.807, 2.05) is 124 Å². The van der Waals surface area contributed by atoms with Crippen molar-refractivity contribution < 1.29 is 34.1 Å². The largest absolute Gasteiger partial charge is 0.378 e. The van der Waals surface area contributed by atoms with Crippen LogP contribution in [0.1, 0.15) is 225 Å². The first-order valence-corrected chi connectivity index (χ1v) is 30.7. The van der Waals surface area contributed by atoms with Crippen LogP contribution >= 0.6 is 0 Å². The van der Waals surface area contributed by atoms with E-state index in [0.717, 1.165) is 45.5 Å². The number of rotatable bonds is 18. The van der Waals surface area contributed by atoms with Gasteiger partial charge in [0.05, 0.1) is 70.4 Å². The van der Waals surface area contributed by atoms with Crippen LogP contribution in [-0.4, -0.2) is 73.0 Å². The summed E-state index contributed by atoms with van der Waals surface area (Å²) in [5.74, 6) is 3.28. The Morgan fingerprint density at radius 3 is 0.591 bits per heavy atom. The van der Waals surface area contributed by atoms with Crippen LogP contribution in [0.3, 0.4) is 0 Å². The van der Waals surface area contributed by atoms with Gasteiger partial charge in [0.15, 0.2) is 0 Å². The third kappa shape index (κ3) is 22.7. The summed E-state index contributed by atoms with van der Waals surface area (Å²) in [4.78, 5) is 41.2. The summed E-state index contributed by atoms with van der Waals surface area (Å²) in [5.41, 5.74) is 20.1. The van der Waals surface area contributed by atoms with Gasteiger partial charge < -0.3 is 9.80 Å². The van der Waals surface area contributed by atoms with E-state index in [0.29, 0.717) is 47.3 Å². The van der Waals surface area contributed by atoms with E-state index in [4.69, 9.17) is 29.9 Å². The fourth-order valence-corrected chi connectivity index (χ4v) is 9.68. The molecule has 8 rings (SSSR count). The van der Waals surface area contributed by atoms with Gasteiger partial charge >= 0.3 is 0 Å². The second-order valence-electron chi connectivity index (χ2n) is 24.6. The van der Waals surface area contributed by atoms with E-state index in [1.165, 1.54) is 55.9 Å². The first-order valence-electron chi connectivity index (χ1n) is 30.7. The molecule has 12 heteroatoms. The summed E-state index contributed by atoms with van der Waals surface area (Å²) >= 11 is 0. The summed E-state index contributed by atoms with van der Waals surface area (Å²) < 4.78 is 0. The molecule has 0 spiro atoms. The molecule has 0 saturated carbocycles. The molecule has 0 aliphatic carbocycles. The number of benzene rings is 4. The third-order valence-corrected chi connectivity index (χ3v) is 14.6. The molecule has 0 amide bonds. The van der Waals surface area contributed by atoms with Gasteiger partial charge in [0.1, 0.15) is 0 Å². The minimum atomic E-state index is 0. The Morgan fingerprint density at radius 1 is 0.273 bits per heavy atom. The van der Waals surface area contributed by atoms with Crippen LogP contribution in [0.15, 0.2) is 178 Å². The Bertz CT molecular complexity index is 2960. The maximum absolute atomic E-state index is 4.92. The summed E-state index contributed by atoms with van der Waals surface area (Å²) in [5, 5.41) is 0. The van der Waals surface area contributed by atoms with E-state index in [9.17, 15) is 0 Å². The smallest absolute Gasteiger partial charge is 0.0820 e. The van der Waals surface area contributed by atoms with Gasteiger partial charge in [-0.25, -0.2) is 9.97 Å². The van der Waals surface area contributed by atoms with Crippen molar-refractivity contribution in [2.24, 2.45) is 20.0 Å². The number of aromatic nitrogens is 4. The first kappa shape index (κ1) is 75.0. The van der Waals surface area contributed by atoms with E-state index < -0.39 is 0 Å². The van der Waals surface area contributed by atoms with Crippen LogP contribution in [0, 0.1) is 0 Å². The minimum absolute atomic E-state index is 0. The van der Waals surface area contributed by atoms with Gasteiger partial charge in [0.25, 0.3) is 0 Å². The molecule has 0 N–H and O–H groups in total. The Kier molecular flexibility index (Phi) is 32.1. The number of pyridine rings is 4. The fourth-order valence-electron chi connectivity index (χ4n) is 9.68. The zero-order valence-electron chi connectivity index (χ0n) is 56.1. The first-order chi connectivity index (χ1) is 41.0. The topological polar surface area (TPSA) is 107 Å². The monoisotopic (exact) mass is 1260 g/mol. The Hall–Kier alpha value is -7.20. The van der Waals surface area contributed by atoms with Gasteiger partial charge in [-0.3, -0.25) is 29.9 Å². The van der Waals surface area contributed by atoms with Crippen LogP contribution in [0.25, 0.3) is 0 Å². The van der Waals surface area contributed by atoms with Crippen molar-refractivity contribution >= 4 is 59.0 Å². The number of hydrogen-bond donors (Lipinski definition) is 0. The Morgan fingerprint density at radius 2 is 0.443 bits per heavy atom. The van der Waals surface area contributed by atoms with Crippen LogP contribution < -0.4 is 9.80 Å². The fraction of sp³-hybridized carbons (Fsp3) is 0.368. The number of aliphatic imine (C=N–C) groups is 4. The Balaban J connectivity index is 0.000000351. The van der Waals surface area contributed by atoms with Crippen LogP contribution in [-0.2, 0) is 34.1 Å². The number of hydrogen-bond acceptors (Lipinski definition) is 10. The summed E-state index contributed by atoms with van der Waals surface area (Å²) in [6.07, 6.45) is 14.7. The normalized spacial score (nSPS) is 11.4. The van der Waals surface area contributed by atoms with Crippen molar-refractivity contribution in [3.8, 4) is 0 Å². The SMILES string of the molecule is CC(C)c1cccc(C(C)C)c1N=Cc1cccc(C=Nc2c(C(C)C)cccc2C(C)C)n1.CC(C)c1cccc(C(C)C)c1N=Cc1cccc(C=Nc2c(C(C)C)cccc2C(C)C)n1.CN(C)c1ccncc1.CN(C)c1ccncc1.[Fe].[Fe]. The molecule has 0 radical (unpaired) electrons. The quantitative estimate of drug-likeness (QED) is 0.0626. The van der Waals surface area contributed by atoms with Gasteiger partial charge in [-0.15, -0.1) is 0 Å². The molecule has 10 nitrogen and oxygen atoms in total. The predicted molar refractivity (Wildman–Crippen MR) is 373 cm³/mol. The van der Waals surface area contributed by atoms with Gasteiger partial charge in [0, 0.05) is 98.5 Å².